The number of rotatable bonds is 7. The molecule has 0 fully saturated rings. The van der Waals surface area contributed by atoms with E-state index in [-0.39, 0.29) is 17.9 Å². The average Bonchev–Trinajstić information content (AvgIpc) is 3.19. The molecular formula is C19H29N5O3. The van der Waals surface area contributed by atoms with Gasteiger partial charge in [0.25, 0.3) is 0 Å². The van der Waals surface area contributed by atoms with Crippen molar-refractivity contribution < 1.29 is 13.9 Å². The number of furan rings is 1. The number of carbonyl (C=O) groups excluding carboxylic acids is 1. The monoisotopic (exact) mass is 375 g/mol. The van der Waals surface area contributed by atoms with Crippen LogP contribution in [0.4, 0.5) is 0 Å². The predicted octanol–water partition coefficient (Wildman–Crippen LogP) is 1.91. The van der Waals surface area contributed by atoms with Gasteiger partial charge < -0.3 is 19.0 Å². The van der Waals surface area contributed by atoms with Gasteiger partial charge in [0.1, 0.15) is 24.0 Å². The molecule has 0 bridgehead atoms. The Morgan fingerprint density at radius 1 is 1.22 bits per heavy atom. The highest BCUT2D eigenvalue weighted by molar-refractivity contribution is 5.78. The molecule has 0 saturated heterocycles. The molecule has 0 aliphatic carbocycles. The maximum atomic E-state index is 12.0. The van der Waals surface area contributed by atoms with E-state index >= 15 is 0 Å². The zero-order valence-corrected chi connectivity index (χ0v) is 16.6. The Morgan fingerprint density at radius 3 is 2.74 bits per heavy atom. The number of aromatic nitrogens is 3. The quantitative estimate of drug-likeness (QED) is 0.796. The highest BCUT2D eigenvalue weighted by atomic mass is 16.5. The van der Waals surface area contributed by atoms with Crippen LogP contribution in [0.25, 0.3) is 0 Å². The van der Waals surface area contributed by atoms with Crippen molar-refractivity contribution in [2.75, 3.05) is 20.2 Å². The van der Waals surface area contributed by atoms with Gasteiger partial charge in [0.15, 0.2) is 5.82 Å². The normalized spacial score (nSPS) is 16.2. The number of fused-ring (bicyclic) bond motifs is 1. The first-order valence-corrected chi connectivity index (χ1v) is 9.49. The number of methoxy groups -OCH3 is 1. The van der Waals surface area contributed by atoms with E-state index in [1.807, 2.05) is 32.9 Å². The van der Waals surface area contributed by atoms with Crippen LogP contribution in [0.3, 0.4) is 0 Å². The van der Waals surface area contributed by atoms with Crippen LogP contribution in [0.15, 0.2) is 16.5 Å². The van der Waals surface area contributed by atoms with Gasteiger partial charge in [0.2, 0.25) is 5.91 Å². The van der Waals surface area contributed by atoms with Gasteiger partial charge in [-0.25, -0.2) is 0 Å². The SMILES string of the molecule is COCc1ccc(CN2CCc3nnc([C@@H](C)NC(=O)C(C)C)n3CC2)o1. The summed E-state index contributed by atoms with van der Waals surface area (Å²) in [4.78, 5) is 14.3. The second-order valence-corrected chi connectivity index (χ2v) is 7.34. The zero-order valence-electron chi connectivity index (χ0n) is 16.6. The van der Waals surface area contributed by atoms with E-state index < -0.39 is 0 Å². The zero-order chi connectivity index (χ0) is 19.4. The van der Waals surface area contributed by atoms with Gasteiger partial charge in [-0.15, -0.1) is 10.2 Å². The van der Waals surface area contributed by atoms with E-state index in [4.69, 9.17) is 9.15 Å². The van der Waals surface area contributed by atoms with E-state index in [2.05, 4.69) is 25.0 Å². The minimum Gasteiger partial charge on any atom is -0.462 e. The smallest absolute Gasteiger partial charge is 0.223 e. The molecule has 148 valence electrons. The molecule has 0 saturated carbocycles. The van der Waals surface area contributed by atoms with Crippen molar-refractivity contribution in [3.05, 3.63) is 35.3 Å². The van der Waals surface area contributed by atoms with Crippen molar-refractivity contribution in [2.45, 2.75) is 52.9 Å². The Morgan fingerprint density at radius 2 is 2.00 bits per heavy atom. The molecule has 8 heteroatoms. The Balaban J connectivity index is 1.62. The summed E-state index contributed by atoms with van der Waals surface area (Å²) in [5, 5.41) is 11.7. The molecule has 1 atom stereocenters. The molecule has 1 aliphatic heterocycles. The summed E-state index contributed by atoms with van der Waals surface area (Å²) in [6.07, 6.45) is 0.823. The van der Waals surface area contributed by atoms with Crippen LogP contribution in [0.5, 0.6) is 0 Å². The standard InChI is InChI=1S/C19H29N5O3/c1-13(2)19(25)20-14(3)18-22-21-17-7-8-23(9-10-24(17)18)11-15-5-6-16(27-15)12-26-4/h5-6,13-14H,7-12H2,1-4H3,(H,20,25)/t14-/m1/s1. The van der Waals surface area contributed by atoms with Gasteiger partial charge >= 0.3 is 0 Å². The van der Waals surface area contributed by atoms with E-state index in [1.54, 1.807) is 7.11 Å². The first-order chi connectivity index (χ1) is 13.0. The van der Waals surface area contributed by atoms with Crippen LogP contribution in [-0.4, -0.2) is 45.8 Å². The summed E-state index contributed by atoms with van der Waals surface area (Å²) < 4.78 is 13.1. The van der Waals surface area contributed by atoms with Gasteiger partial charge in [-0.3, -0.25) is 9.69 Å². The van der Waals surface area contributed by atoms with Gasteiger partial charge in [-0.2, -0.15) is 0 Å². The molecule has 2 aromatic heterocycles. The van der Waals surface area contributed by atoms with Crippen molar-refractivity contribution in [3.8, 4) is 0 Å². The molecule has 0 unspecified atom stereocenters. The van der Waals surface area contributed by atoms with Crippen molar-refractivity contribution in [3.63, 3.8) is 0 Å². The minimum atomic E-state index is -0.158. The van der Waals surface area contributed by atoms with Crippen LogP contribution in [0.1, 0.15) is 50.0 Å². The third-order valence-corrected chi connectivity index (χ3v) is 4.80. The number of ether oxygens (including phenoxy) is 1. The Bertz CT molecular complexity index is 767. The van der Waals surface area contributed by atoms with E-state index in [0.717, 1.165) is 55.8 Å². The lowest BCUT2D eigenvalue weighted by Crippen LogP contribution is -2.32. The fraction of sp³-hybridized carbons (Fsp3) is 0.632. The number of nitrogens with one attached hydrogen (secondary N) is 1. The summed E-state index contributed by atoms with van der Waals surface area (Å²) in [6, 6.07) is 3.81. The molecule has 1 amide bonds. The Labute approximate surface area is 159 Å². The molecule has 1 N–H and O–H groups in total. The van der Waals surface area contributed by atoms with E-state index in [1.165, 1.54) is 0 Å². The first-order valence-electron chi connectivity index (χ1n) is 9.49. The number of amides is 1. The fourth-order valence-electron chi connectivity index (χ4n) is 3.26. The van der Waals surface area contributed by atoms with Gasteiger partial charge in [-0.05, 0) is 19.1 Å². The second-order valence-electron chi connectivity index (χ2n) is 7.34. The van der Waals surface area contributed by atoms with Crippen molar-refractivity contribution >= 4 is 5.91 Å². The Kier molecular flexibility index (Phi) is 6.28. The third kappa shape index (κ3) is 4.75. The lowest BCUT2D eigenvalue weighted by molar-refractivity contribution is -0.124. The van der Waals surface area contributed by atoms with E-state index in [9.17, 15) is 4.79 Å². The molecule has 0 spiro atoms. The first kappa shape index (κ1) is 19.6. The molecule has 3 rings (SSSR count). The summed E-state index contributed by atoms with van der Waals surface area (Å²) >= 11 is 0. The molecule has 8 nitrogen and oxygen atoms in total. The second kappa shape index (κ2) is 8.67. The summed E-state index contributed by atoms with van der Waals surface area (Å²) in [6.45, 7) is 9.55. The topological polar surface area (TPSA) is 85.4 Å². The van der Waals surface area contributed by atoms with Gasteiger partial charge in [0.05, 0.1) is 12.6 Å². The predicted molar refractivity (Wildman–Crippen MR) is 99.8 cm³/mol. The van der Waals surface area contributed by atoms with Gasteiger partial charge in [0, 0.05) is 39.1 Å². The number of carbonyl (C=O) groups is 1. The van der Waals surface area contributed by atoms with Crippen LogP contribution in [0, 0.1) is 5.92 Å². The minimum absolute atomic E-state index is 0.0276. The average molecular weight is 375 g/mol. The lowest BCUT2D eigenvalue weighted by atomic mass is 10.2. The highest BCUT2D eigenvalue weighted by Gasteiger charge is 2.23. The summed E-state index contributed by atoms with van der Waals surface area (Å²) in [5.74, 6) is 3.55. The maximum absolute atomic E-state index is 12.0. The molecule has 2 aromatic rings. The maximum Gasteiger partial charge on any atom is 0.223 e. The van der Waals surface area contributed by atoms with Crippen molar-refractivity contribution in [2.24, 2.45) is 5.92 Å². The summed E-state index contributed by atoms with van der Waals surface area (Å²) in [5.41, 5.74) is 0. The molecule has 0 radical (unpaired) electrons. The molecule has 1 aliphatic rings. The van der Waals surface area contributed by atoms with E-state index in [0.29, 0.717) is 6.61 Å². The summed E-state index contributed by atoms with van der Waals surface area (Å²) in [7, 11) is 1.66. The van der Waals surface area contributed by atoms with Crippen molar-refractivity contribution in [1.82, 2.24) is 25.0 Å². The molecular weight excluding hydrogens is 346 g/mol. The van der Waals surface area contributed by atoms with Gasteiger partial charge in [-0.1, -0.05) is 13.8 Å². The van der Waals surface area contributed by atoms with Crippen molar-refractivity contribution in [1.29, 1.82) is 0 Å². The highest BCUT2D eigenvalue weighted by Crippen LogP contribution is 2.18. The number of nitrogens with zero attached hydrogens (tertiary/aromatic N) is 4. The largest absolute Gasteiger partial charge is 0.462 e. The number of hydrogen-bond acceptors (Lipinski definition) is 6. The van der Waals surface area contributed by atoms with Crippen LogP contribution in [-0.2, 0) is 35.6 Å². The van der Waals surface area contributed by atoms with Crippen LogP contribution < -0.4 is 5.32 Å². The fourth-order valence-corrected chi connectivity index (χ4v) is 3.26. The van der Waals surface area contributed by atoms with Crippen LogP contribution in [0.2, 0.25) is 0 Å². The lowest BCUT2D eigenvalue weighted by Gasteiger charge is -2.19. The molecule has 27 heavy (non-hydrogen) atoms. The third-order valence-electron chi connectivity index (χ3n) is 4.80. The molecule has 3 heterocycles. The number of hydrogen-bond donors (Lipinski definition) is 1. The molecule has 0 aromatic carbocycles. The van der Waals surface area contributed by atoms with Crippen LogP contribution >= 0.6 is 0 Å². The Hall–Kier alpha value is -2.19.